The fraction of sp³-hybridized carbons (Fsp3) is 0.889. The van der Waals surface area contributed by atoms with Crippen molar-refractivity contribution in [2.45, 2.75) is 62.8 Å². The van der Waals surface area contributed by atoms with E-state index in [4.69, 9.17) is 4.74 Å². The summed E-state index contributed by atoms with van der Waals surface area (Å²) in [4.78, 5) is 20.6. The number of aliphatic imine (C=N–C) groups is 1. The minimum Gasteiger partial charge on any atom is -0.373 e. The highest BCUT2D eigenvalue weighted by Gasteiger charge is 2.41. The van der Waals surface area contributed by atoms with Crippen LogP contribution in [0, 0.1) is 0 Å². The number of hydrogen-bond donors (Lipinski definition) is 2. The van der Waals surface area contributed by atoms with Crippen LogP contribution < -0.4 is 10.6 Å². The van der Waals surface area contributed by atoms with Gasteiger partial charge in [-0.2, -0.15) is 0 Å². The Morgan fingerprint density at radius 2 is 2.12 bits per heavy atom. The van der Waals surface area contributed by atoms with Crippen molar-refractivity contribution in [1.29, 1.82) is 0 Å². The second kappa shape index (κ2) is 10.1. The van der Waals surface area contributed by atoms with E-state index in [2.05, 4.69) is 20.5 Å². The van der Waals surface area contributed by atoms with Gasteiger partial charge in [-0.15, -0.1) is 24.0 Å². The third-order valence-electron chi connectivity index (χ3n) is 5.66. The van der Waals surface area contributed by atoms with Crippen LogP contribution in [0.1, 0.15) is 38.5 Å². The zero-order chi connectivity index (χ0) is 17.8. The molecule has 0 aromatic carbocycles. The van der Waals surface area contributed by atoms with E-state index < -0.39 is 0 Å². The first-order valence-electron chi connectivity index (χ1n) is 9.66. The highest BCUT2D eigenvalue weighted by atomic mass is 127. The Hall–Kier alpha value is -0.610. The van der Waals surface area contributed by atoms with E-state index in [1.165, 1.54) is 6.42 Å². The summed E-state index contributed by atoms with van der Waals surface area (Å²) < 4.78 is 5.89. The fourth-order valence-corrected chi connectivity index (χ4v) is 4.32. The molecule has 0 aliphatic carbocycles. The van der Waals surface area contributed by atoms with Crippen molar-refractivity contribution >= 4 is 35.8 Å². The molecular weight excluding hydrogens is 445 g/mol. The average molecular weight is 479 g/mol. The van der Waals surface area contributed by atoms with Gasteiger partial charge in [-0.3, -0.25) is 14.7 Å². The molecule has 3 aliphatic rings. The van der Waals surface area contributed by atoms with Crippen molar-refractivity contribution in [3.05, 3.63) is 0 Å². The van der Waals surface area contributed by atoms with E-state index in [0.29, 0.717) is 18.2 Å². The Balaban J connectivity index is 0.00000243. The lowest BCUT2D eigenvalue weighted by molar-refractivity contribution is -0.133. The van der Waals surface area contributed by atoms with Crippen LogP contribution in [-0.4, -0.2) is 86.7 Å². The van der Waals surface area contributed by atoms with Gasteiger partial charge in [-0.25, -0.2) is 0 Å². The SMILES string of the molecule is CN=C(NCCCN1CCCC1C(=O)N(C)C)NC1CC2CCC1O2.I. The Morgan fingerprint density at radius 3 is 2.73 bits per heavy atom. The Morgan fingerprint density at radius 1 is 1.31 bits per heavy atom. The van der Waals surface area contributed by atoms with Crippen molar-refractivity contribution in [1.82, 2.24) is 20.4 Å². The van der Waals surface area contributed by atoms with Crippen LogP contribution >= 0.6 is 24.0 Å². The molecule has 2 N–H and O–H groups in total. The molecule has 3 saturated heterocycles. The number of guanidine groups is 1. The number of likely N-dealkylation sites (N-methyl/N-ethyl adjacent to an activating group) is 1. The summed E-state index contributed by atoms with van der Waals surface area (Å²) in [6.45, 7) is 2.84. The number of nitrogens with zero attached hydrogens (tertiary/aromatic N) is 3. The smallest absolute Gasteiger partial charge is 0.239 e. The second-order valence-corrected chi connectivity index (χ2v) is 7.64. The summed E-state index contributed by atoms with van der Waals surface area (Å²) >= 11 is 0. The van der Waals surface area contributed by atoms with Crippen LogP contribution in [0.4, 0.5) is 0 Å². The molecular formula is C18H34IN5O2. The molecule has 3 rings (SSSR count). The van der Waals surface area contributed by atoms with Crippen LogP contribution in [0.5, 0.6) is 0 Å². The predicted octanol–water partition coefficient (Wildman–Crippen LogP) is 1.03. The first kappa shape index (κ1) is 21.7. The van der Waals surface area contributed by atoms with E-state index in [1.54, 1.807) is 4.90 Å². The fourth-order valence-electron chi connectivity index (χ4n) is 4.32. The molecule has 4 atom stereocenters. The maximum atomic E-state index is 12.2. The lowest BCUT2D eigenvalue weighted by atomic mass is 9.96. The molecule has 4 unspecified atom stereocenters. The number of likely N-dealkylation sites (tertiary alicyclic amines) is 1. The van der Waals surface area contributed by atoms with Crippen molar-refractivity contribution < 1.29 is 9.53 Å². The average Bonchev–Trinajstić information content (AvgIpc) is 3.33. The van der Waals surface area contributed by atoms with E-state index in [0.717, 1.165) is 57.7 Å². The number of carbonyl (C=O) groups excluding carboxylic acids is 1. The summed E-state index contributed by atoms with van der Waals surface area (Å²) in [7, 11) is 5.50. The summed E-state index contributed by atoms with van der Waals surface area (Å²) in [6, 6.07) is 0.462. The number of hydrogen-bond acceptors (Lipinski definition) is 4. The zero-order valence-corrected chi connectivity index (χ0v) is 18.6. The molecule has 0 spiro atoms. The highest BCUT2D eigenvalue weighted by molar-refractivity contribution is 14.0. The molecule has 3 heterocycles. The third-order valence-corrected chi connectivity index (χ3v) is 5.66. The van der Waals surface area contributed by atoms with E-state index in [1.807, 2.05) is 21.1 Å². The van der Waals surface area contributed by atoms with E-state index in [9.17, 15) is 4.79 Å². The molecule has 3 fully saturated rings. The van der Waals surface area contributed by atoms with Crippen LogP contribution in [0.15, 0.2) is 4.99 Å². The van der Waals surface area contributed by atoms with Crippen LogP contribution in [0.3, 0.4) is 0 Å². The molecule has 150 valence electrons. The summed E-state index contributed by atoms with van der Waals surface area (Å²) in [5.41, 5.74) is 0. The molecule has 26 heavy (non-hydrogen) atoms. The van der Waals surface area contributed by atoms with Crippen molar-refractivity contribution in [3.8, 4) is 0 Å². The van der Waals surface area contributed by atoms with Gasteiger partial charge in [-0.05, 0) is 45.1 Å². The molecule has 2 bridgehead atoms. The molecule has 0 radical (unpaired) electrons. The quantitative estimate of drug-likeness (QED) is 0.258. The number of amides is 1. The van der Waals surface area contributed by atoms with Crippen molar-refractivity contribution in [2.24, 2.45) is 4.99 Å². The van der Waals surface area contributed by atoms with E-state index in [-0.39, 0.29) is 35.9 Å². The van der Waals surface area contributed by atoms with Crippen LogP contribution in [0.2, 0.25) is 0 Å². The molecule has 3 aliphatic heterocycles. The lowest BCUT2D eigenvalue weighted by Crippen LogP contribution is -2.48. The number of halogens is 1. The first-order chi connectivity index (χ1) is 12.1. The van der Waals surface area contributed by atoms with Gasteiger partial charge in [-0.1, -0.05) is 0 Å². The number of carbonyl (C=O) groups is 1. The van der Waals surface area contributed by atoms with Gasteiger partial charge >= 0.3 is 0 Å². The predicted molar refractivity (Wildman–Crippen MR) is 114 cm³/mol. The maximum Gasteiger partial charge on any atom is 0.239 e. The molecule has 0 aromatic heterocycles. The number of rotatable bonds is 6. The minimum atomic E-state index is 0. The monoisotopic (exact) mass is 479 g/mol. The second-order valence-electron chi connectivity index (χ2n) is 7.64. The third kappa shape index (κ3) is 5.22. The summed E-state index contributed by atoms with van der Waals surface area (Å²) in [6.07, 6.45) is 7.36. The Bertz CT molecular complexity index is 502. The van der Waals surface area contributed by atoms with Gasteiger partial charge in [0.15, 0.2) is 5.96 Å². The van der Waals surface area contributed by atoms with Crippen LogP contribution in [-0.2, 0) is 9.53 Å². The van der Waals surface area contributed by atoms with Gasteiger partial charge in [0.2, 0.25) is 5.91 Å². The maximum absolute atomic E-state index is 12.2. The topological polar surface area (TPSA) is 69.2 Å². The van der Waals surface area contributed by atoms with Gasteiger partial charge in [0.25, 0.3) is 0 Å². The van der Waals surface area contributed by atoms with Gasteiger partial charge in [0, 0.05) is 34.2 Å². The van der Waals surface area contributed by atoms with Crippen molar-refractivity contribution in [3.63, 3.8) is 0 Å². The lowest BCUT2D eigenvalue weighted by Gasteiger charge is -2.26. The standard InChI is InChI=1S/C18H33N5O2.HI/c1-19-18(21-14-12-13-7-8-16(14)25-13)20-9-5-11-23-10-4-6-15(23)17(24)22(2)3;/h13-16H,4-12H2,1-3H3,(H2,19,20,21);1H. The van der Waals surface area contributed by atoms with Crippen molar-refractivity contribution in [2.75, 3.05) is 40.8 Å². The first-order valence-corrected chi connectivity index (χ1v) is 9.66. The normalized spacial score (nSPS) is 31.0. The number of ether oxygens (including phenoxy) is 1. The molecule has 0 saturated carbocycles. The molecule has 7 nitrogen and oxygen atoms in total. The van der Waals surface area contributed by atoms with Crippen LogP contribution in [0.25, 0.3) is 0 Å². The Kier molecular flexibility index (Phi) is 8.41. The van der Waals surface area contributed by atoms with Gasteiger partial charge in [0.1, 0.15) is 0 Å². The molecule has 8 heteroatoms. The van der Waals surface area contributed by atoms with Gasteiger partial charge in [0.05, 0.1) is 24.3 Å². The summed E-state index contributed by atoms with van der Waals surface area (Å²) in [5.74, 6) is 1.10. The minimum absolute atomic E-state index is 0. The summed E-state index contributed by atoms with van der Waals surface area (Å²) in [5, 5.41) is 6.91. The zero-order valence-electron chi connectivity index (χ0n) is 16.2. The number of fused-ring (bicyclic) bond motifs is 2. The number of nitrogens with one attached hydrogen (secondary N) is 2. The molecule has 1 amide bonds. The largest absolute Gasteiger partial charge is 0.373 e. The Labute approximate surface area is 174 Å². The van der Waals surface area contributed by atoms with Gasteiger partial charge < -0.3 is 20.3 Å². The van der Waals surface area contributed by atoms with E-state index >= 15 is 0 Å². The highest BCUT2D eigenvalue weighted by Crippen LogP contribution is 2.34. The molecule has 0 aromatic rings.